The van der Waals surface area contributed by atoms with Crippen molar-refractivity contribution < 1.29 is 9.59 Å². The van der Waals surface area contributed by atoms with Gasteiger partial charge in [-0.15, -0.1) is 0 Å². The van der Waals surface area contributed by atoms with Gasteiger partial charge in [0.25, 0.3) is 5.91 Å². The molecule has 3 amide bonds. The first kappa shape index (κ1) is 18.0. The molecule has 3 N–H and O–H groups in total. The Balaban J connectivity index is 1.95. The highest BCUT2D eigenvalue weighted by atomic mass is 35.5. The normalized spacial score (nSPS) is 16.8. The molecule has 5 nitrogen and oxygen atoms in total. The van der Waals surface area contributed by atoms with Crippen LogP contribution in [0.5, 0.6) is 0 Å². The van der Waals surface area contributed by atoms with E-state index in [9.17, 15) is 9.59 Å². The molecule has 0 fully saturated rings. The van der Waals surface area contributed by atoms with Crippen molar-refractivity contribution in [3.63, 3.8) is 0 Å². The standard InChI is InChI=1S/C20H20ClN3O2/c1-11-7-8-16(9-12(11)2)23-19(25)17-13(3)22-20(26)24-18(17)14-5-4-6-15(21)10-14/h4-10,18H,1-3H3,(H,23,25)(H2,22,24,26)/t18-/m1/s1. The van der Waals surface area contributed by atoms with E-state index in [0.29, 0.717) is 22.0 Å². The summed E-state index contributed by atoms with van der Waals surface area (Å²) in [6.07, 6.45) is 0. The first-order chi connectivity index (χ1) is 12.3. The van der Waals surface area contributed by atoms with E-state index in [4.69, 9.17) is 11.6 Å². The fraction of sp³-hybridized carbons (Fsp3) is 0.200. The Labute approximate surface area is 157 Å². The number of allylic oxidation sites excluding steroid dienone is 1. The zero-order chi connectivity index (χ0) is 18.8. The number of carbonyl (C=O) groups is 2. The number of amides is 3. The molecule has 0 aromatic heterocycles. The number of aryl methyl sites for hydroxylation is 2. The molecule has 1 aliphatic heterocycles. The maximum atomic E-state index is 13.0. The quantitative estimate of drug-likeness (QED) is 0.757. The summed E-state index contributed by atoms with van der Waals surface area (Å²) in [5.74, 6) is -0.275. The number of hydrogen-bond acceptors (Lipinski definition) is 2. The van der Waals surface area contributed by atoms with Gasteiger partial charge in [-0.1, -0.05) is 29.8 Å². The first-order valence-corrected chi connectivity index (χ1v) is 8.65. The third-order valence-corrected chi connectivity index (χ3v) is 4.70. The molecule has 0 aliphatic carbocycles. The van der Waals surface area contributed by atoms with Gasteiger partial charge >= 0.3 is 6.03 Å². The number of rotatable bonds is 3. The van der Waals surface area contributed by atoms with Crippen LogP contribution in [-0.4, -0.2) is 11.9 Å². The average molecular weight is 370 g/mol. The van der Waals surface area contributed by atoms with E-state index in [2.05, 4.69) is 16.0 Å². The Morgan fingerprint density at radius 3 is 2.54 bits per heavy atom. The summed E-state index contributed by atoms with van der Waals surface area (Å²) < 4.78 is 0. The van der Waals surface area contributed by atoms with Crippen molar-refractivity contribution in [2.75, 3.05) is 5.32 Å². The summed E-state index contributed by atoms with van der Waals surface area (Å²) in [5.41, 5.74) is 4.67. The second kappa shape index (κ2) is 7.22. The predicted octanol–water partition coefficient (Wildman–Crippen LogP) is 4.22. The van der Waals surface area contributed by atoms with Gasteiger partial charge in [0.1, 0.15) is 0 Å². The highest BCUT2D eigenvalue weighted by Crippen LogP contribution is 2.29. The van der Waals surface area contributed by atoms with Gasteiger partial charge in [0.15, 0.2) is 0 Å². The molecule has 0 radical (unpaired) electrons. The molecule has 1 aliphatic rings. The fourth-order valence-electron chi connectivity index (χ4n) is 2.95. The Morgan fingerprint density at radius 1 is 1.08 bits per heavy atom. The van der Waals surface area contributed by atoms with Crippen LogP contribution >= 0.6 is 11.6 Å². The highest BCUT2D eigenvalue weighted by molar-refractivity contribution is 6.30. The van der Waals surface area contributed by atoms with E-state index in [-0.39, 0.29) is 11.9 Å². The topological polar surface area (TPSA) is 70.2 Å². The first-order valence-electron chi connectivity index (χ1n) is 8.27. The molecule has 134 valence electrons. The molecule has 1 heterocycles. The SMILES string of the molecule is CC1=C(C(=O)Nc2ccc(C)c(C)c2)[C@@H](c2cccc(Cl)c2)NC(=O)N1. The van der Waals surface area contributed by atoms with Gasteiger partial charge in [-0.05, 0) is 61.7 Å². The fourth-order valence-corrected chi connectivity index (χ4v) is 3.15. The van der Waals surface area contributed by atoms with Crippen LogP contribution in [0.25, 0.3) is 0 Å². The number of benzene rings is 2. The second-order valence-electron chi connectivity index (χ2n) is 6.38. The minimum absolute atomic E-state index is 0.275. The van der Waals surface area contributed by atoms with Crippen LogP contribution in [0.4, 0.5) is 10.5 Å². The number of anilines is 1. The van der Waals surface area contributed by atoms with Crippen molar-refractivity contribution in [1.29, 1.82) is 0 Å². The summed E-state index contributed by atoms with van der Waals surface area (Å²) in [5, 5.41) is 8.93. The molecule has 0 saturated carbocycles. The monoisotopic (exact) mass is 369 g/mol. The molecule has 0 spiro atoms. The van der Waals surface area contributed by atoms with E-state index in [1.165, 1.54) is 0 Å². The van der Waals surface area contributed by atoms with Gasteiger partial charge in [-0.25, -0.2) is 4.79 Å². The summed E-state index contributed by atoms with van der Waals surface area (Å²) in [7, 11) is 0. The molecule has 2 aromatic carbocycles. The minimum atomic E-state index is -0.575. The van der Waals surface area contributed by atoms with Crippen molar-refractivity contribution in [3.8, 4) is 0 Å². The largest absolute Gasteiger partial charge is 0.327 e. The molecule has 0 bridgehead atoms. The van der Waals surface area contributed by atoms with E-state index in [0.717, 1.165) is 16.7 Å². The van der Waals surface area contributed by atoms with Gasteiger partial charge in [-0.2, -0.15) is 0 Å². The zero-order valence-corrected chi connectivity index (χ0v) is 15.6. The molecule has 1 atom stereocenters. The van der Waals surface area contributed by atoms with Crippen molar-refractivity contribution in [1.82, 2.24) is 10.6 Å². The molecule has 26 heavy (non-hydrogen) atoms. The Morgan fingerprint density at radius 2 is 1.85 bits per heavy atom. The maximum Gasteiger partial charge on any atom is 0.319 e. The molecule has 3 rings (SSSR count). The van der Waals surface area contributed by atoms with Gasteiger partial charge < -0.3 is 16.0 Å². The third-order valence-electron chi connectivity index (χ3n) is 4.46. The van der Waals surface area contributed by atoms with Crippen LogP contribution in [0.1, 0.15) is 29.7 Å². The van der Waals surface area contributed by atoms with Crippen LogP contribution < -0.4 is 16.0 Å². The van der Waals surface area contributed by atoms with E-state index >= 15 is 0 Å². The number of urea groups is 1. The molecule has 2 aromatic rings. The highest BCUT2D eigenvalue weighted by Gasteiger charge is 2.31. The minimum Gasteiger partial charge on any atom is -0.327 e. The number of halogens is 1. The molecule has 0 saturated heterocycles. The van der Waals surface area contributed by atoms with Crippen molar-refractivity contribution in [2.45, 2.75) is 26.8 Å². The Kier molecular flexibility index (Phi) is 5.00. The van der Waals surface area contributed by atoms with E-state index in [1.807, 2.05) is 38.1 Å². The lowest BCUT2D eigenvalue weighted by Crippen LogP contribution is -2.45. The molecule has 0 unspecified atom stereocenters. The van der Waals surface area contributed by atoms with Crippen LogP contribution in [-0.2, 0) is 4.79 Å². The van der Waals surface area contributed by atoms with Gasteiger partial charge in [0.2, 0.25) is 0 Å². The maximum absolute atomic E-state index is 13.0. The van der Waals surface area contributed by atoms with Gasteiger partial charge in [0, 0.05) is 16.4 Å². The summed E-state index contributed by atoms with van der Waals surface area (Å²) in [4.78, 5) is 24.9. The van der Waals surface area contributed by atoms with E-state index < -0.39 is 6.04 Å². The Bertz CT molecular complexity index is 921. The number of nitrogens with one attached hydrogen (secondary N) is 3. The van der Waals surface area contributed by atoms with Crippen LogP contribution in [0.2, 0.25) is 5.02 Å². The molecular formula is C20H20ClN3O2. The smallest absolute Gasteiger partial charge is 0.319 e. The van der Waals surface area contributed by atoms with Crippen molar-refractivity contribution >= 4 is 29.2 Å². The summed E-state index contributed by atoms with van der Waals surface area (Å²) >= 11 is 6.08. The lowest BCUT2D eigenvalue weighted by Gasteiger charge is -2.28. The van der Waals surface area contributed by atoms with Crippen molar-refractivity contribution in [3.05, 3.63) is 75.4 Å². The van der Waals surface area contributed by atoms with Gasteiger partial charge in [0.05, 0.1) is 11.6 Å². The predicted molar refractivity (Wildman–Crippen MR) is 103 cm³/mol. The van der Waals surface area contributed by atoms with Crippen LogP contribution in [0, 0.1) is 13.8 Å². The third kappa shape index (κ3) is 3.73. The molecular weight excluding hydrogens is 350 g/mol. The van der Waals surface area contributed by atoms with Crippen LogP contribution in [0.15, 0.2) is 53.7 Å². The average Bonchev–Trinajstić information content (AvgIpc) is 2.57. The molecule has 6 heteroatoms. The van der Waals surface area contributed by atoms with Crippen molar-refractivity contribution in [2.24, 2.45) is 0 Å². The van der Waals surface area contributed by atoms with Crippen LogP contribution in [0.3, 0.4) is 0 Å². The van der Waals surface area contributed by atoms with Gasteiger partial charge in [-0.3, -0.25) is 4.79 Å². The second-order valence-corrected chi connectivity index (χ2v) is 6.81. The lowest BCUT2D eigenvalue weighted by molar-refractivity contribution is -0.113. The van der Waals surface area contributed by atoms with E-state index in [1.54, 1.807) is 25.1 Å². The summed E-state index contributed by atoms with van der Waals surface area (Å²) in [6, 6.07) is 11.9. The number of carbonyl (C=O) groups excluding carboxylic acids is 2. The number of hydrogen-bond donors (Lipinski definition) is 3. The Hall–Kier alpha value is -2.79. The zero-order valence-electron chi connectivity index (χ0n) is 14.8. The lowest BCUT2D eigenvalue weighted by atomic mass is 9.95. The summed E-state index contributed by atoms with van der Waals surface area (Å²) in [6.45, 7) is 5.72.